The molecule has 2 heterocycles. The minimum Gasteiger partial charge on any atom is -0.397 e. The molecule has 0 aliphatic rings. The van der Waals surface area contributed by atoms with Crippen LogP contribution in [0.15, 0.2) is 66.7 Å². The molecule has 36 heavy (non-hydrogen) atoms. The molecule has 0 bridgehead atoms. The van der Waals surface area contributed by atoms with Crippen LogP contribution in [0.1, 0.15) is 15.2 Å². The normalized spacial score (nSPS) is 11.1. The summed E-state index contributed by atoms with van der Waals surface area (Å²) in [5.41, 5.74) is 11.8. The predicted molar refractivity (Wildman–Crippen MR) is 154 cm³/mol. The van der Waals surface area contributed by atoms with E-state index in [-0.39, 0.29) is 15.7 Å². The number of pyridine rings is 1. The molecular weight excluding hydrogens is 556 g/mol. The van der Waals surface area contributed by atoms with E-state index in [9.17, 15) is 4.79 Å². The number of fused-ring (bicyclic) bond motifs is 1. The molecule has 0 fully saturated rings. The molecule has 0 atom stereocenters. The van der Waals surface area contributed by atoms with Crippen LogP contribution in [0.25, 0.3) is 32.6 Å². The second-order valence-corrected chi connectivity index (χ2v) is 10.8. The average Bonchev–Trinajstić information content (AvgIpc) is 3.18. The first-order chi connectivity index (χ1) is 17.2. The Morgan fingerprint density at radius 2 is 1.47 bits per heavy atom. The van der Waals surface area contributed by atoms with Crippen LogP contribution in [0, 0.1) is 6.92 Å². The predicted octanol–water partition coefficient (Wildman–Crippen LogP) is 9.39. The summed E-state index contributed by atoms with van der Waals surface area (Å²) in [6.07, 6.45) is 0. The molecule has 4 nitrogen and oxygen atoms in total. The van der Waals surface area contributed by atoms with E-state index in [4.69, 9.17) is 57.1 Å². The van der Waals surface area contributed by atoms with Crippen molar-refractivity contribution in [3.05, 3.63) is 97.3 Å². The van der Waals surface area contributed by atoms with Crippen molar-refractivity contribution in [3.8, 4) is 22.4 Å². The van der Waals surface area contributed by atoms with Gasteiger partial charge in [0.05, 0.1) is 27.1 Å². The zero-order valence-electron chi connectivity index (χ0n) is 18.7. The number of thiophene rings is 1. The van der Waals surface area contributed by atoms with E-state index in [0.29, 0.717) is 30.8 Å². The van der Waals surface area contributed by atoms with E-state index in [0.717, 1.165) is 27.9 Å². The number of aryl methyl sites for hydroxylation is 1. The molecule has 0 aliphatic heterocycles. The molecule has 2 aromatic heterocycles. The Morgan fingerprint density at radius 1 is 0.861 bits per heavy atom. The Bertz CT molecular complexity index is 1610. The van der Waals surface area contributed by atoms with Crippen LogP contribution < -0.4 is 11.1 Å². The first-order valence-electron chi connectivity index (χ1n) is 10.7. The van der Waals surface area contributed by atoms with Crippen LogP contribution in [-0.2, 0) is 0 Å². The Labute approximate surface area is 231 Å². The van der Waals surface area contributed by atoms with Crippen LogP contribution in [0.4, 0.5) is 11.4 Å². The lowest BCUT2D eigenvalue weighted by Gasteiger charge is -2.10. The first kappa shape index (κ1) is 24.9. The number of hydrogen-bond acceptors (Lipinski definition) is 4. The molecule has 5 aromatic rings. The van der Waals surface area contributed by atoms with E-state index in [1.165, 1.54) is 23.5 Å². The molecule has 0 saturated heterocycles. The van der Waals surface area contributed by atoms with Gasteiger partial charge in [-0.2, -0.15) is 0 Å². The van der Waals surface area contributed by atoms with Crippen LogP contribution in [0.2, 0.25) is 20.1 Å². The number of nitrogens with two attached hydrogens (primary N) is 1. The van der Waals surface area contributed by atoms with Crippen LogP contribution >= 0.6 is 57.7 Å². The maximum absolute atomic E-state index is 13.3. The number of amides is 1. The highest BCUT2D eigenvalue weighted by Gasteiger charge is 2.23. The molecule has 0 aliphatic carbocycles. The van der Waals surface area contributed by atoms with Gasteiger partial charge in [0.25, 0.3) is 5.91 Å². The third-order valence-corrected chi connectivity index (χ3v) is 7.82. The number of nitrogen functional groups attached to an aromatic ring is 1. The fourth-order valence-electron chi connectivity index (χ4n) is 3.85. The van der Waals surface area contributed by atoms with E-state index in [1.807, 2.05) is 61.5 Å². The number of anilines is 2. The zero-order valence-corrected chi connectivity index (χ0v) is 22.5. The summed E-state index contributed by atoms with van der Waals surface area (Å²) in [4.78, 5) is 19.1. The highest BCUT2D eigenvalue weighted by atomic mass is 35.5. The van der Waals surface area contributed by atoms with Crippen LogP contribution in [0.3, 0.4) is 0 Å². The van der Waals surface area contributed by atoms with E-state index in [1.54, 1.807) is 0 Å². The number of rotatable bonds is 4. The van der Waals surface area contributed by atoms with E-state index >= 15 is 0 Å². The topological polar surface area (TPSA) is 68.0 Å². The smallest absolute Gasteiger partial charge is 0.268 e. The number of hydrogen-bond donors (Lipinski definition) is 2. The fraction of sp³-hybridized carbons (Fsp3) is 0.0370. The van der Waals surface area contributed by atoms with Gasteiger partial charge in [0.2, 0.25) is 0 Å². The molecule has 1 amide bonds. The van der Waals surface area contributed by atoms with Gasteiger partial charge in [-0.3, -0.25) is 4.79 Å². The molecule has 0 unspecified atom stereocenters. The summed E-state index contributed by atoms with van der Waals surface area (Å²) >= 11 is 25.9. The Balaban J connectivity index is 1.67. The fourth-order valence-corrected chi connectivity index (χ4v) is 5.90. The van der Waals surface area contributed by atoms with Crippen molar-refractivity contribution in [1.29, 1.82) is 0 Å². The summed E-state index contributed by atoms with van der Waals surface area (Å²) in [7, 11) is 0. The number of aromatic nitrogens is 1. The standard InChI is InChI=1S/C27H17Cl4N3OS/c1-13-2-4-15(5-3-13)21-12-18(14-6-8-16(28)9-7-14)22-23(32)25(36-27(22)33-21)26(35)34-24-19(30)10-17(29)11-20(24)31/h2-12H,32H2,1H3,(H,34,35). The zero-order chi connectivity index (χ0) is 25.6. The summed E-state index contributed by atoms with van der Waals surface area (Å²) < 4.78 is 0. The monoisotopic (exact) mass is 571 g/mol. The lowest BCUT2D eigenvalue weighted by atomic mass is 9.99. The van der Waals surface area contributed by atoms with Crippen molar-refractivity contribution in [2.45, 2.75) is 6.92 Å². The van der Waals surface area contributed by atoms with Gasteiger partial charge in [0, 0.05) is 21.0 Å². The van der Waals surface area contributed by atoms with Crippen molar-refractivity contribution in [3.63, 3.8) is 0 Å². The van der Waals surface area contributed by atoms with Crippen molar-refractivity contribution in [2.75, 3.05) is 11.1 Å². The van der Waals surface area contributed by atoms with Gasteiger partial charge in [-0.15, -0.1) is 11.3 Å². The summed E-state index contributed by atoms with van der Waals surface area (Å²) in [5, 5.41) is 4.90. The molecule has 0 spiro atoms. The first-order valence-corrected chi connectivity index (χ1v) is 13.1. The number of nitrogens with one attached hydrogen (secondary N) is 1. The minimum absolute atomic E-state index is 0.224. The van der Waals surface area contributed by atoms with E-state index in [2.05, 4.69) is 5.32 Å². The number of halogens is 4. The molecule has 5 rings (SSSR count). The van der Waals surface area contributed by atoms with Gasteiger partial charge in [-0.25, -0.2) is 4.98 Å². The highest BCUT2D eigenvalue weighted by Crippen LogP contribution is 2.42. The number of carbonyl (C=O) groups is 1. The summed E-state index contributed by atoms with van der Waals surface area (Å²) in [6, 6.07) is 20.6. The Morgan fingerprint density at radius 3 is 2.11 bits per heavy atom. The lowest BCUT2D eigenvalue weighted by Crippen LogP contribution is -2.12. The van der Waals surface area contributed by atoms with Gasteiger partial charge in [0.1, 0.15) is 9.71 Å². The summed E-state index contributed by atoms with van der Waals surface area (Å²) in [5.74, 6) is -0.444. The third-order valence-electron chi connectivity index (χ3n) is 5.65. The van der Waals surface area contributed by atoms with E-state index < -0.39 is 5.91 Å². The maximum Gasteiger partial charge on any atom is 0.268 e. The molecule has 0 saturated carbocycles. The Hall–Kier alpha value is -2.80. The van der Waals surface area contributed by atoms with Gasteiger partial charge in [-0.1, -0.05) is 88.4 Å². The van der Waals surface area contributed by atoms with Gasteiger partial charge in [-0.05, 0) is 48.4 Å². The Kier molecular flexibility index (Phi) is 6.86. The van der Waals surface area contributed by atoms with Crippen molar-refractivity contribution in [1.82, 2.24) is 4.98 Å². The molecular formula is C27H17Cl4N3OS. The summed E-state index contributed by atoms with van der Waals surface area (Å²) in [6.45, 7) is 2.03. The number of nitrogens with zero attached hydrogens (tertiary/aromatic N) is 1. The number of carbonyl (C=O) groups excluding carboxylic acids is 1. The van der Waals surface area contributed by atoms with Crippen molar-refractivity contribution < 1.29 is 4.79 Å². The molecule has 0 radical (unpaired) electrons. The molecule has 180 valence electrons. The minimum atomic E-state index is -0.444. The largest absolute Gasteiger partial charge is 0.397 e. The second kappa shape index (κ2) is 9.92. The van der Waals surface area contributed by atoms with Gasteiger partial charge < -0.3 is 11.1 Å². The van der Waals surface area contributed by atoms with Gasteiger partial charge in [0.15, 0.2) is 0 Å². The SMILES string of the molecule is Cc1ccc(-c2cc(-c3ccc(Cl)cc3)c3c(N)c(C(=O)Nc4c(Cl)cc(Cl)cc4Cl)sc3n2)cc1. The quantitative estimate of drug-likeness (QED) is 0.225. The van der Waals surface area contributed by atoms with Crippen LogP contribution in [0.5, 0.6) is 0 Å². The average molecular weight is 573 g/mol. The van der Waals surface area contributed by atoms with Crippen molar-refractivity contribution >= 4 is 85.2 Å². The highest BCUT2D eigenvalue weighted by molar-refractivity contribution is 7.21. The molecule has 3 aromatic carbocycles. The maximum atomic E-state index is 13.3. The third kappa shape index (κ3) is 4.77. The molecule has 3 N–H and O–H groups in total. The lowest BCUT2D eigenvalue weighted by molar-refractivity contribution is 0.103. The number of benzene rings is 3. The van der Waals surface area contributed by atoms with Gasteiger partial charge >= 0.3 is 0 Å². The molecule has 9 heteroatoms. The van der Waals surface area contributed by atoms with Crippen molar-refractivity contribution in [2.24, 2.45) is 0 Å². The van der Waals surface area contributed by atoms with Crippen LogP contribution in [-0.4, -0.2) is 10.9 Å². The second-order valence-electron chi connectivity index (χ2n) is 8.15.